The van der Waals surface area contributed by atoms with Crippen molar-refractivity contribution in [2.24, 2.45) is 5.10 Å². The number of rotatable bonds is 3. The lowest BCUT2D eigenvalue weighted by Gasteiger charge is -2.13. The summed E-state index contributed by atoms with van der Waals surface area (Å²) >= 11 is 0. The van der Waals surface area contributed by atoms with Gasteiger partial charge in [-0.25, -0.2) is 10.2 Å². The molecule has 0 aromatic carbocycles. The molecule has 2 heterocycles. The molecule has 7 heteroatoms. The number of amides is 1. The van der Waals surface area contributed by atoms with E-state index in [1.807, 2.05) is 0 Å². The van der Waals surface area contributed by atoms with Crippen LogP contribution in [0.4, 0.5) is 0 Å². The zero-order chi connectivity index (χ0) is 16.6. The number of hydrazone groups is 1. The van der Waals surface area contributed by atoms with Gasteiger partial charge in [-0.15, -0.1) is 0 Å². The average Bonchev–Trinajstić information content (AvgIpc) is 3.09. The summed E-state index contributed by atoms with van der Waals surface area (Å²) in [5, 5.41) is 13.3. The molecule has 2 aromatic rings. The van der Waals surface area contributed by atoms with E-state index in [0.29, 0.717) is 46.8 Å². The lowest BCUT2D eigenvalue weighted by atomic mass is 9.93. The summed E-state index contributed by atoms with van der Waals surface area (Å²) in [4.78, 5) is 23.3. The third kappa shape index (κ3) is 2.65. The van der Waals surface area contributed by atoms with Crippen LogP contribution in [0, 0.1) is 13.8 Å². The Balaban J connectivity index is 1.89. The van der Waals surface area contributed by atoms with Crippen LogP contribution in [0.1, 0.15) is 56.4 Å². The van der Waals surface area contributed by atoms with Crippen LogP contribution in [-0.4, -0.2) is 22.7 Å². The highest BCUT2D eigenvalue weighted by molar-refractivity contribution is 6.06. The third-order valence-corrected chi connectivity index (χ3v) is 3.92. The first-order valence-electron chi connectivity index (χ1n) is 7.26. The molecule has 0 atom stereocenters. The SMILES string of the molecule is Cc1occc1C(=O)N/N=C1\CCCc2oc(C(=O)O)c(C)c21. The second-order valence-electron chi connectivity index (χ2n) is 5.40. The Morgan fingerprint density at radius 2 is 2.09 bits per heavy atom. The van der Waals surface area contributed by atoms with Crippen LogP contribution in [0.2, 0.25) is 0 Å². The van der Waals surface area contributed by atoms with Gasteiger partial charge in [-0.3, -0.25) is 4.79 Å². The number of furan rings is 2. The topological polar surface area (TPSA) is 105 Å². The second-order valence-corrected chi connectivity index (χ2v) is 5.40. The fourth-order valence-electron chi connectivity index (χ4n) is 2.78. The molecule has 1 amide bonds. The van der Waals surface area contributed by atoms with Gasteiger partial charge in [-0.1, -0.05) is 0 Å². The Bertz CT molecular complexity index is 813. The molecule has 23 heavy (non-hydrogen) atoms. The van der Waals surface area contributed by atoms with Gasteiger partial charge in [0.05, 0.1) is 17.5 Å². The van der Waals surface area contributed by atoms with Crippen LogP contribution in [0.5, 0.6) is 0 Å². The Labute approximate surface area is 132 Å². The van der Waals surface area contributed by atoms with E-state index in [4.69, 9.17) is 13.9 Å². The number of carboxylic acid groups (broad SMARTS) is 1. The van der Waals surface area contributed by atoms with E-state index >= 15 is 0 Å². The number of carboxylic acids is 1. The van der Waals surface area contributed by atoms with Crippen molar-refractivity contribution in [3.05, 3.63) is 46.3 Å². The lowest BCUT2D eigenvalue weighted by Crippen LogP contribution is -2.22. The van der Waals surface area contributed by atoms with Gasteiger partial charge in [0.1, 0.15) is 11.5 Å². The minimum atomic E-state index is -1.10. The number of carbonyl (C=O) groups is 2. The summed E-state index contributed by atoms with van der Waals surface area (Å²) < 4.78 is 10.5. The van der Waals surface area contributed by atoms with E-state index in [0.717, 1.165) is 6.42 Å². The number of aromatic carboxylic acids is 1. The summed E-state index contributed by atoms with van der Waals surface area (Å²) in [5.74, 6) is -0.412. The molecule has 1 aliphatic carbocycles. The Kier molecular flexibility index (Phi) is 3.77. The zero-order valence-electron chi connectivity index (χ0n) is 12.8. The van der Waals surface area contributed by atoms with Gasteiger partial charge in [0, 0.05) is 17.5 Å². The van der Waals surface area contributed by atoms with Gasteiger partial charge >= 0.3 is 5.97 Å². The summed E-state index contributed by atoms with van der Waals surface area (Å²) in [6, 6.07) is 1.57. The highest BCUT2D eigenvalue weighted by atomic mass is 16.4. The molecule has 0 fully saturated rings. The van der Waals surface area contributed by atoms with Gasteiger partial charge < -0.3 is 13.9 Å². The number of nitrogens with one attached hydrogen (secondary N) is 1. The van der Waals surface area contributed by atoms with Crippen molar-refractivity contribution in [1.29, 1.82) is 0 Å². The predicted octanol–water partition coefficient (Wildman–Crippen LogP) is 2.66. The van der Waals surface area contributed by atoms with Crippen LogP contribution < -0.4 is 5.43 Å². The summed E-state index contributed by atoms with van der Waals surface area (Å²) in [6.45, 7) is 3.38. The van der Waals surface area contributed by atoms with Crippen molar-refractivity contribution in [3.63, 3.8) is 0 Å². The van der Waals surface area contributed by atoms with Gasteiger partial charge in [0.2, 0.25) is 5.76 Å². The van der Waals surface area contributed by atoms with E-state index < -0.39 is 5.97 Å². The summed E-state index contributed by atoms with van der Waals surface area (Å²) in [7, 11) is 0. The van der Waals surface area contributed by atoms with Crippen molar-refractivity contribution in [2.75, 3.05) is 0 Å². The number of aryl methyl sites for hydroxylation is 2. The molecule has 3 rings (SSSR count). The van der Waals surface area contributed by atoms with Crippen LogP contribution in [0.3, 0.4) is 0 Å². The van der Waals surface area contributed by atoms with Crippen molar-refractivity contribution in [3.8, 4) is 0 Å². The molecular weight excluding hydrogens is 300 g/mol. The molecule has 0 radical (unpaired) electrons. The standard InChI is InChI=1S/C16H16N2O5/c1-8-13-11(4-3-5-12(13)23-14(8)16(20)21)17-18-15(19)10-6-7-22-9(10)2/h6-7H,3-5H2,1-2H3,(H,18,19)(H,20,21)/b17-11+. The molecule has 0 bridgehead atoms. The average molecular weight is 316 g/mol. The minimum absolute atomic E-state index is 0.0680. The monoisotopic (exact) mass is 316 g/mol. The highest BCUT2D eigenvalue weighted by Gasteiger charge is 2.27. The molecule has 0 spiro atoms. The number of hydrogen-bond donors (Lipinski definition) is 2. The van der Waals surface area contributed by atoms with E-state index in [-0.39, 0.29) is 11.7 Å². The fraction of sp³-hybridized carbons (Fsp3) is 0.312. The van der Waals surface area contributed by atoms with E-state index in [2.05, 4.69) is 10.5 Å². The lowest BCUT2D eigenvalue weighted by molar-refractivity contribution is 0.0659. The number of fused-ring (bicyclic) bond motifs is 1. The minimum Gasteiger partial charge on any atom is -0.475 e. The highest BCUT2D eigenvalue weighted by Crippen LogP contribution is 2.29. The predicted molar refractivity (Wildman–Crippen MR) is 80.8 cm³/mol. The Morgan fingerprint density at radius 3 is 2.74 bits per heavy atom. The maximum atomic E-state index is 12.1. The molecular formula is C16H16N2O5. The fourth-order valence-corrected chi connectivity index (χ4v) is 2.78. The van der Waals surface area contributed by atoms with Gasteiger partial charge in [0.15, 0.2) is 0 Å². The first-order valence-corrected chi connectivity index (χ1v) is 7.26. The smallest absolute Gasteiger partial charge is 0.372 e. The van der Waals surface area contributed by atoms with E-state index in [1.165, 1.54) is 6.26 Å². The van der Waals surface area contributed by atoms with E-state index in [9.17, 15) is 9.59 Å². The van der Waals surface area contributed by atoms with Crippen LogP contribution in [-0.2, 0) is 6.42 Å². The van der Waals surface area contributed by atoms with Gasteiger partial charge in [-0.2, -0.15) is 5.10 Å². The molecule has 120 valence electrons. The van der Waals surface area contributed by atoms with Crippen molar-refractivity contribution in [2.45, 2.75) is 33.1 Å². The molecule has 0 unspecified atom stereocenters. The molecule has 2 aromatic heterocycles. The normalized spacial score (nSPS) is 15.5. The largest absolute Gasteiger partial charge is 0.475 e. The Hall–Kier alpha value is -2.83. The first kappa shape index (κ1) is 15.1. The quantitative estimate of drug-likeness (QED) is 0.847. The maximum Gasteiger partial charge on any atom is 0.372 e. The molecule has 7 nitrogen and oxygen atoms in total. The molecule has 2 N–H and O–H groups in total. The van der Waals surface area contributed by atoms with Crippen LogP contribution in [0.15, 0.2) is 26.3 Å². The maximum absolute atomic E-state index is 12.1. The van der Waals surface area contributed by atoms with Crippen LogP contribution >= 0.6 is 0 Å². The van der Waals surface area contributed by atoms with Crippen molar-refractivity contribution < 1.29 is 23.5 Å². The molecule has 0 aliphatic heterocycles. The molecule has 0 saturated carbocycles. The molecule has 0 saturated heterocycles. The van der Waals surface area contributed by atoms with E-state index in [1.54, 1.807) is 19.9 Å². The van der Waals surface area contributed by atoms with Gasteiger partial charge in [-0.05, 0) is 32.8 Å². The third-order valence-electron chi connectivity index (χ3n) is 3.92. The van der Waals surface area contributed by atoms with Crippen molar-refractivity contribution >= 4 is 17.6 Å². The first-order chi connectivity index (χ1) is 11.0. The summed E-state index contributed by atoms with van der Waals surface area (Å²) in [5.41, 5.74) is 4.79. The summed E-state index contributed by atoms with van der Waals surface area (Å²) in [6.07, 6.45) is 3.54. The van der Waals surface area contributed by atoms with Crippen molar-refractivity contribution in [1.82, 2.24) is 5.43 Å². The second kappa shape index (κ2) is 5.75. The van der Waals surface area contributed by atoms with Gasteiger partial charge in [0.25, 0.3) is 5.91 Å². The number of hydrogen-bond acceptors (Lipinski definition) is 5. The number of nitrogens with zero attached hydrogens (tertiary/aromatic N) is 1. The Morgan fingerprint density at radius 1 is 1.30 bits per heavy atom. The number of carbonyl (C=O) groups excluding carboxylic acids is 1. The zero-order valence-corrected chi connectivity index (χ0v) is 12.8. The molecule has 1 aliphatic rings. The van der Waals surface area contributed by atoms with Crippen LogP contribution in [0.25, 0.3) is 0 Å².